The van der Waals surface area contributed by atoms with E-state index in [1.807, 2.05) is 30.5 Å². The van der Waals surface area contributed by atoms with Gasteiger partial charge in [0.2, 0.25) is 0 Å². The van der Waals surface area contributed by atoms with Gasteiger partial charge in [-0.05, 0) is 11.6 Å². The summed E-state index contributed by atoms with van der Waals surface area (Å²) in [6.45, 7) is 0.496. The zero-order valence-corrected chi connectivity index (χ0v) is 7.72. The largest absolute Gasteiger partial charge is 0.382 e. The minimum absolute atomic E-state index is 0.496. The van der Waals surface area contributed by atoms with Crippen LogP contribution in [0, 0.1) is 0 Å². The number of nitrogens with zero attached hydrogens (tertiary/aromatic N) is 2. The van der Waals surface area contributed by atoms with Crippen LogP contribution in [0.15, 0.2) is 36.5 Å². The van der Waals surface area contributed by atoms with Gasteiger partial charge in [0.25, 0.3) is 0 Å². The van der Waals surface area contributed by atoms with Gasteiger partial charge in [0.05, 0.1) is 5.69 Å². The third-order valence-electron chi connectivity index (χ3n) is 2.07. The Morgan fingerprint density at radius 3 is 2.64 bits per heavy atom. The monoisotopic (exact) mass is 188 g/mol. The molecular weight excluding hydrogens is 176 g/mol. The molecule has 0 aliphatic carbocycles. The van der Waals surface area contributed by atoms with E-state index in [0.717, 1.165) is 11.3 Å². The first-order valence-corrected chi connectivity index (χ1v) is 4.41. The standard InChI is InChI=1S/C10H12N4/c11-7-8-3-1-2-4-9(8)14-6-5-10(12)13-14/h1-6H,7,11H2,(H2,12,13). The van der Waals surface area contributed by atoms with Crippen LogP contribution in [0.4, 0.5) is 5.82 Å². The maximum atomic E-state index is 5.62. The lowest BCUT2D eigenvalue weighted by molar-refractivity contribution is 0.863. The molecule has 4 heteroatoms. The Hall–Kier alpha value is -1.81. The first kappa shape index (κ1) is 8.77. The second kappa shape index (κ2) is 3.51. The molecule has 0 atom stereocenters. The summed E-state index contributed by atoms with van der Waals surface area (Å²) in [7, 11) is 0. The number of benzene rings is 1. The summed E-state index contributed by atoms with van der Waals surface area (Å²) >= 11 is 0. The molecule has 0 saturated heterocycles. The maximum Gasteiger partial charge on any atom is 0.145 e. The van der Waals surface area contributed by atoms with E-state index in [0.29, 0.717) is 12.4 Å². The lowest BCUT2D eigenvalue weighted by atomic mass is 10.2. The predicted molar refractivity (Wildman–Crippen MR) is 55.9 cm³/mol. The van der Waals surface area contributed by atoms with Gasteiger partial charge in [-0.3, -0.25) is 0 Å². The maximum absolute atomic E-state index is 5.62. The molecule has 4 N–H and O–H groups in total. The summed E-state index contributed by atoms with van der Waals surface area (Å²) in [5, 5.41) is 4.13. The van der Waals surface area contributed by atoms with Gasteiger partial charge in [0.15, 0.2) is 0 Å². The molecule has 14 heavy (non-hydrogen) atoms. The fraction of sp³-hybridized carbons (Fsp3) is 0.100. The topological polar surface area (TPSA) is 69.9 Å². The second-order valence-electron chi connectivity index (χ2n) is 3.02. The Bertz CT molecular complexity index is 433. The molecule has 2 rings (SSSR count). The Balaban J connectivity index is 2.50. The number of aromatic nitrogens is 2. The van der Waals surface area contributed by atoms with Gasteiger partial charge >= 0.3 is 0 Å². The highest BCUT2D eigenvalue weighted by Gasteiger charge is 2.02. The van der Waals surface area contributed by atoms with Crippen molar-refractivity contribution in [1.29, 1.82) is 0 Å². The van der Waals surface area contributed by atoms with Crippen molar-refractivity contribution >= 4 is 5.82 Å². The van der Waals surface area contributed by atoms with Crippen LogP contribution in [0.1, 0.15) is 5.56 Å². The third kappa shape index (κ3) is 1.47. The van der Waals surface area contributed by atoms with E-state index in [9.17, 15) is 0 Å². The average Bonchev–Trinajstić information content (AvgIpc) is 2.65. The number of hydrogen-bond acceptors (Lipinski definition) is 3. The lowest BCUT2D eigenvalue weighted by Crippen LogP contribution is -2.04. The van der Waals surface area contributed by atoms with Crippen molar-refractivity contribution in [3.05, 3.63) is 42.1 Å². The van der Waals surface area contributed by atoms with E-state index >= 15 is 0 Å². The summed E-state index contributed by atoms with van der Waals surface area (Å²) in [6.07, 6.45) is 1.82. The Labute approximate surface area is 82.1 Å². The van der Waals surface area contributed by atoms with E-state index < -0.39 is 0 Å². The van der Waals surface area contributed by atoms with Crippen LogP contribution in [0.3, 0.4) is 0 Å². The van der Waals surface area contributed by atoms with Crippen LogP contribution < -0.4 is 11.5 Å². The summed E-state index contributed by atoms with van der Waals surface area (Å²) in [5.41, 5.74) is 13.2. The highest BCUT2D eigenvalue weighted by Crippen LogP contribution is 2.13. The van der Waals surface area contributed by atoms with Crippen LogP contribution >= 0.6 is 0 Å². The van der Waals surface area contributed by atoms with Crippen LogP contribution in [0.5, 0.6) is 0 Å². The van der Waals surface area contributed by atoms with Crippen LogP contribution in [0.25, 0.3) is 5.69 Å². The highest BCUT2D eigenvalue weighted by molar-refractivity contribution is 5.41. The highest BCUT2D eigenvalue weighted by atomic mass is 15.3. The summed E-state index contributed by atoms with van der Waals surface area (Å²) in [4.78, 5) is 0. The van der Waals surface area contributed by atoms with E-state index in [1.54, 1.807) is 10.7 Å². The first-order chi connectivity index (χ1) is 6.81. The van der Waals surface area contributed by atoms with Crippen molar-refractivity contribution in [2.24, 2.45) is 5.73 Å². The molecule has 0 amide bonds. The molecule has 0 saturated carbocycles. The minimum Gasteiger partial charge on any atom is -0.382 e. The number of rotatable bonds is 2. The molecular formula is C10H12N4. The van der Waals surface area contributed by atoms with Gasteiger partial charge in [-0.25, -0.2) is 4.68 Å². The summed E-state index contributed by atoms with van der Waals surface area (Å²) in [6, 6.07) is 9.61. The lowest BCUT2D eigenvalue weighted by Gasteiger charge is -2.06. The Morgan fingerprint density at radius 1 is 1.21 bits per heavy atom. The smallest absolute Gasteiger partial charge is 0.145 e. The molecule has 0 aliphatic heterocycles. The van der Waals surface area contributed by atoms with Crippen molar-refractivity contribution in [2.45, 2.75) is 6.54 Å². The fourth-order valence-corrected chi connectivity index (χ4v) is 1.38. The Morgan fingerprint density at radius 2 is 2.00 bits per heavy atom. The van der Waals surface area contributed by atoms with Crippen LogP contribution in [-0.2, 0) is 6.54 Å². The molecule has 4 nitrogen and oxygen atoms in total. The van der Waals surface area contributed by atoms with Gasteiger partial charge in [0.1, 0.15) is 5.82 Å². The van der Waals surface area contributed by atoms with Crippen molar-refractivity contribution in [3.8, 4) is 5.69 Å². The molecule has 1 heterocycles. The number of hydrogen-bond donors (Lipinski definition) is 2. The zero-order chi connectivity index (χ0) is 9.97. The summed E-state index contributed by atoms with van der Waals surface area (Å²) in [5.74, 6) is 0.511. The number of nitrogen functional groups attached to an aromatic ring is 1. The van der Waals surface area contributed by atoms with Crippen molar-refractivity contribution in [2.75, 3.05) is 5.73 Å². The van der Waals surface area contributed by atoms with Gasteiger partial charge in [-0.1, -0.05) is 18.2 Å². The molecule has 0 aliphatic rings. The van der Waals surface area contributed by atoms with Crippen LogP contribution in [-0.4, -0.2) is 9.78 Å². The summed E-state index contributed by atoms with van der Waals surface area (Å²) < 4.78 is 1.73. The average molecular weight is 188 g/mol. The molecule has 0 bridgehead atoms. The molecule has 0 spiro atoms. The SMILES string of the molecule is NCc1ccccc1-n1ccc(N)n1. The molecule has 72 valence electrons. The van der Waals surface area contributed by atoms with Gasteiger partial charge in [-0.15, -0.1) is 0 Å². The van der Waals surface area contributed by atoms with E-state index in [4.69, 9.17) is 11.5 Å². The second-order valence-corrected chi connectivity index (χ2v) is 3.02. The number of anilines is 1. The van der Waals surface area contributed by atoms with Crippen molar-refractivity contribution in [3.63, 3.8) is 0 Å². The van der Waals surface area contributed by atoms with Gasteiger partial charge in [-0.2, -0.15) is 5.10 Å². The van der Waals surface area contributed by atoms with Crippen molar-refractivity contribution < 1.29 is 0 Å². The quantitative estimate of drug-likeness (QED) is 0.736. The van der Waals surface area contributed by atoms with Crippen LogP contribution in [0.2, 0.25) is 0 Å². The van der Waals surface area contributed by atoms with Gasteiger partial charge in [0, 0.05) is 18.8 Å². The van der Waals surface area contributed by atoms with Gasteiger partial charge < -0.3 is 11.5 Å². The first-order valence-electron chi connectivity index (χ1n) is 4.41. The number of nitrogens with two attached hydrogens (primary N) is 2. The molecule has 1 aromatic carbocycles. The van der Waals surface area contributed by atoms with E-state index in [-0.39, 0.29) is 0 Å². The zero-order valence-electron chi connectivity index (χ0n) is 7.72. The normalized spacial score (nSPS) is 10.4. The molecule has 1 aromatic heterocycles. The molecule has 2 aromatic rings. The molecule has 0 radical (unpaired) electrons. The van der Waals surface area contributed by atoms with Crippen molar-refractivity contribution in [1.82, 2.24) is 9.78 Å². The Kier molecular flexibility index (Phi) is 2.20. The predicted octanol–water partition coefficient (Wildman–Crippen LogP) is 0.913. The fourth-order valence-electron chi connectivity index (χ4n) is 1.38. The molecule has 0 fully saturated rings. The molecule has 0 unspecified atom stereocenters. The third-order valence-corrected chi connectivity index (χ3v) is 2.07. The van der Waals surface area contributed by atoms with E-state index in [1.165, 1.54) is 0 Å². The minimum atomic E-state index is 0.496. The number of para-hydroxylation sites is 1. The van der Waals surface area contributed by atoms with E-state index in [2.05, 4.69) is 5.10 Å².